The highest BCUT2D eigenvalue weighted by atomic mass is 127. The van der Waals surface area contributed by atoms with Crippen LogP contribution in [0.1, 0.15) is 17.3 Å². The molecule has 0 saturated heterocycles. The zero-order valence-electron chi connectivity index (χ0n) is 11.8. The van der Waals surface area contributed by atoms with Gasteiger partial charge in [-0.3, -0.25) is 9.59 Å². The first kappa shape index (κ1) is 16.8. The van der Waals surface area contributed by atoms with Crippen LogP contribution in [-0.4, -0.2) is 17.9 Å². The third-order valence-corrected chi connectivity index (χ3v) is 4.02. The maximum Gasteiger partial charge on any atom is 0.253 e. The fraction of sp³-hybridized carbons (Fsp3) is 0.125. The van der Waals surface area contributed by atoms with E-state index in [1.807, 2.05) is 24.3 Å². The van der Waals surface area contributed by atoms with Crippen molar-refractivity contribution in [3.63, 3.8) is 0 Å². The van der Waals surface area contributed by atoms with Crippen LogP contribution in [-0.2, 0) is 4.79 Å². The second kappa shape index (κ2) is 7.60. The molecule has 0 radical (unpaired) electrons. The van der Waals surface area contributed by atoms with E-state index in [2.05, 4.69) is 33.2 Å². The first-order valence-corrected chi connectivity index (χ1v) is 8.05. The summed E-state index contributed by atoms with van der Waals surface area (Å²) in [6, 6.07) is 13.4. The molecule has 0 bridgehead atoms. The van der Waals surface area contributed by atoms with E-state index in [9.17, 15) is 9.59 Å². The Bertz CT molecular complexity index is 689. The van der Waals surface area contributed by atoms with Gasteiger partial charge in [0.1, 0.15) is 6.04 Å². The molecule has 114 valence electrons. The van der Waals surface area contributed by atoms with E-state index < -0.39 is 6.04 Å². The SMILES string of the molecule is CC(NC(=O)c1ccccc1Cl)C(=O)Nc1ccc(I)cc1. The van der Waals surface area contributed by atoms with Gasteiger partial charge in [-0.1, -0.05) is 23.7 Å². The van der Waals surface area contributed by atoms with Gasteiger partial charge < -0.3 is 10.6 Å². The smallest absolute Gasteiger partial charge is 0.253 e. The third-order valence-electron chi connectivity index (χ3n) is 2.97. The van der Waals surface area contributed by atoms with E-state index >= 15 is 0 Å². The molecule has 0 aliphatic carbocycles. The molecule has 4 nitrogen and oxygen atoms in total. The Morgan fingerprint density at radius 2 is 1.73 bits per heavy atom. The topological polar surface area (TPSA) is 58.2 Å². The number of carbonyl (C=O) groups excluding carboxylic acids is 2. The second-order valence-electron chi connectivity index (χ2n) is 4.67. The Hall–Kier alpha value is -1.60. The van der Waals surface area contributed by atoms with Gasteiger partial charge in [-0.15, -0.1) is 0 Å². The summed E-state index contributed by atoms with van der Waals surface area (Å²) in [5.74, 6) is -0.669. The van der Waals surface area contributed by atoms with Gasteiger partial charge in [0.2, 0.25) is 5.91 Å². The van der Waals surface area contributed by atoms with Gasteiger partial charge in [0.15, 0.2) is 0 Å². The van der Waals surface area contributed by atoms with Crippen molar-refractivity contribution in [2.75, 3.05) is 5.32 Å². The largest absolute Gasteiger partial charge is 0.340 e. The fourth-order valence-corrected chi connectivity index (χ4v) is 2.35. The van der Waals surface area contributed by atoms with Gasteiger partial charge in [-0.25, -0.2) is 0 Å². The lowest BCUT2D eigenvalue weighted by Gasteiger charge is -2.14. The molecule has 0 aliphatic rings. The van der Waals surface area contributed by atoms with Gasteiger partial charge >= 0.3 is 0 Å². The maximum absolute atomic E-state index is 12.1. The van der Waals surface area contributed by atoms with E-state index in [4.69, 9.17) is 11.6 Å². The standard InChI is InChI=1S/C16H14ClIN2O2/c1-10(15(21)20-12-8-6-11(18)7-9-12)19-16(22)13-4-2-3-5-14(13)17/h2-10H,1H3,(H,19,22)(H,20,21). The molecule has 0 aliphatic heterocycles. The number of benzene rings is 2. The van der Waals surface area contributed by atoms with Crippen LogP contribution in [0.4, 0.5) is 5.69 Å². The molecule has 0 heterocycles. The van der Waals surface area contributed by atoms with Crippen LogP contribution in [0.5, 0.6) is 0 Å². The number of hydrogen-bond donors (Lipinski definition) is 2. The molecule has 2 rings (SSSR count). The van der Waals surface area contributed by atoms with Gasteiger partial charge in [0, 0.05) is 9.26 Å². The van der Waals surface area contributed by atoms with Gasteiger partial charge in [0.25, 0.3) is 5.91 Å². The number of anilines is 1. The highest BCUT2D eigenvalue weighted by molar-refractivity contribution is 14.1. The quantitative estimate of drug-likeness (QED) is 0.730. The summed E-state index contributed by atoms with van der Waals surface area (Å²) in [7, 11) is 0. The number of carbonyl (C=O) groups is 2. The summed E-state index contributed by atoms with van der Waals surface area (Å²) in [5.41, 5.74) is 1.03. The van der Waals surface area contributed by atoms with E-state index in [1.54, 1.807) is 31.2 Å². The summed E-state index contributed by atoms with van der Waals surface area (Å²) in [6.45, 7) is 1.62. The molecule has 6 heteroatoms. The molecule has 1 unspecified atom stereocenters. The lowest BCUT2D eigenvalue weighted by molar-refractivity contribution is -0.117. The lowest BCUT2D eigenvalue weighted by Crippen LogP contribution is -2.41. The van der Waals surface area contributed by atoms with Crippen molar-refractivity contribution in [1.29, 1.82) is 0 Å². The van der Waals surface area contributed by atoms with Crippen molar-refractivity contribution in [2.45, 2.75) is 13.0 Å². The molecule has 0 fully saturated rings. The van der Waals surface area contributed by atoms with Crippen LogP contribution < -0.4 is 10.6 Å². The summed E-state index contributed by atoms with van der Waals surface area (Å²) in [6.07, 6.45) is 0. The third kappa shape index (κ3) is 4.45. The van der Waals surface area contributed by atoms with Gasteiger partial charge in [0.05, 0.1) is 10.6 Å². The minimum atomic E-state index is -0.678. The van der Waals surface area contributed by atoms with Crippen molar-refractivity contribution in [1.82, 2.24) is 5.32 Å². The molecule has 0 spiro atoms. The number of rotatable bonds is 4. The number of nitrogens with one attached hydrogen (secondary N) is 2. The molecular weight excluding hydrogens is 415 g/mol. The van der Waals surface area contributed by atoms with Crippen LogP contribution in [0.3, 0.4) is 0 Å². The first-order valence-electron chi connectivity index (χ1n) is 6.59. The Labute approximate surface area is 147 Å². The molecular formula is C16H14ClIN2O2. The monoisotopic (exact) mass is 428 g/mol. The highest BCUT2D eigenvalue weighted by Crippen LogP contribution is 2.15. The summed E-state index contributed by atoms with van der Waals surface area (Å²) >= 11 is 8.15. The summed E-state index contributed by atoms with van der Waals surface area (Å²) in [4.78, 5) is 24.2. The molecule has 1 atom stereocenters. The number of hydrogen-bond acceptors (Lipinski definition) is 2. The Balaban J connectivity index is 1.98. The Kier molecular flexibility index (Phi) is 5.79. The van der Waals surface area contributed by atoms with Crippen LogP contribution in [0.15, 0.2) is 48.5 Å². The summed E-state index contributed by atoms with van der Waals surface area (Å²) < 4.78 is 1.08. The molecule has 2 aromatic carbocycles. The van der Waals surface area contributed by atoms with E-state index in [0.29, 0.717) is 16.3 Å². The molecule has 2 amide bonds. The zero-order chi connectivity index (χ0) is 16.1. The van der Waals surface area contributed by atoms with E-state index in [0.717, 1.165) is 3.57 Å². The molecule has 2 N–H and O–H groups in total. The molecule has 2 aromatic rings. The van der Waals surface area contributed by atoms with E-state index in [1.165, 1.54) is 0 Å². The minimum Gasteiger partial charge on any atom is -0.340 e. The summed E-state index contributed by atoms with van der Waals surface area (Å²) in [5, 5.41) is 5.73. The number of halogens is 2. The predicted octanol–water partition coefficient (Wildman–Crippen LogP) is 3.70. The highest BCUT2D eigenvalue weighted by Gasteiger charge is 2.18. The van der Waals surface area contributed by atoms with Crippen LogP contribution in [0.25, 0.3) is 0 Å². The average Bonchev–Trinajstić information content (AvgIpc) is 2.49. The predicted molar refractivity (Wildman–Crippen MR) is 96.2 cm³/mol. The minimum absolute atomic E-state index is 0.290. The second-order valence-corrected chi connectivity index (χ2v) is 6.32. The van der Waals surface area contributed by atoms with Gasteiger partial charge in [-0.05, 0) is 65.9 Å². The van der Waals surface area contributed by atoms with Crippen LogP contribution in [0.2, 0.25) is 5.02 Å². The lowest BCUT2D eigenvalue weighted by atomic mass is 10.2. The van der Waals surface area contributed by atoms with Crippen LogP contribution in [0, 0.1) is 3.57 Å². The van der Waals surface area contributed by atoms with Crippen molar-refractivity contribution in [3.8, 4) is 0 Å². The Morgan fingerprint density at radius 1 is 1.09 bits per heavy atom. The van der Waals surface area contributed by atoms with Crippen molar-refractivity contribution in [3.05, 3.63) is 62.7 Å². The van der Waals surface area contributed by atoms with E-state index in [-0.39, 0.29) is 11.8 Å². The normalized spacial score (nSPS) is 11.6. The molecule has 0 aromatic heterocycles. The van der Waals surface area contributed by atoms with Crippen molar-refractivity contribution < 1.29 is 9.59 Å². The first-order chi connectivity index (χ1) is 10.5. The number of amides is 2. The van der Waals surface area contributed by atoms with Crippen molar-refractivity contribution >= 4 is 51.7 Å². The zero-order valence-corrected chi connectivity index (χ0v) is 14.7. The van der Waals surface area contributed by atoms with Gasteiger partial charge in [-0.2, -0.15) is 0 Å². The van der Waals surface area contributed by atoms with Crippen molar-refractivity contribution in [2.24, 2.45) is 0 Å². The maximum atomic E-state index is 12.1. The Morgan fingerprint density at radius 3 is 2.36 bits per heavy atom. The average molecular weight is 429 g/mol. The fourth-order valence-electron chi connectivity index (χ4n) is 1.77. The van der Waals surface area contributed by atoms with Crippen LogP contribution >= 0.6 is 34.2 Å². The molecule has 0 saturated carbocycles. The molecule has 22 heavy (non-hydrogen) atoms.